The molecule has 0 radical (unpaired) electrons. The van der Waals surface area contributed by atoms with E-state index in [1.54, 1.807) is 19.1 Å². The lowest BCUT2D eigenvalue weighted by Crippen LogP contribution is -2.29. The SMILES string of the molecule is CC(O)CC1(O)C=CC(c2ccccc2)C=C1. The summed E-state index contributed by atoms with van der Waals surface area (Å²) in [6.07, 6.45) is 7.34. The van der Waals surface area contributed by atoms with E-state index in [2.05, 4.69) is 12.1 Å². The van der Waals surface area contributed by atoms with Crippen molar-refractivity contribution in [1.29, 1.82) is 0 Å². The number of aliphatic hydroxyl groups is 2. The van der Waals surface area contributed by atoms with Crippen molar-refractivity contribution in [2.75, 3.05) is 0 Å². The second-order valence-electron chi connectivity index (χ2n) is 4.70. The Morgan fingerprint density at radius 2 is 1.76 bits per heavy atom. The van der Waals surface area contributed by atoms with Gasteiger partial charge in [0.15, 0.2) is 0 Å². The van der Waals surface area contributed by atoms with Gasteiger partial charge in [0.05, 0.1) is 6.10 Å². The number of benzene rings is 1. The largest absolute Gasteiger partial charge is 0.393 e. The molecular formula is C15H18O2. The first-order chi connectivity index (χ1) is 8.09. The highest BCUT2D eigenvalue weighted by Gasteiger charge is 2.25. The van der Waals surface area contributed by atoms with Gasteiger partial charge in [-0.2, -0.15) is 0 Å². The van der Waals surface area contributed by atoms with Gasteiger partial charge in [-0.15, -0.1) is 0 Å². The van der Waals surface area contributed by atoms with Gasteiger partial charge in [0.25, 0.3) is 0 Å². The van der Waals surface area contributed by atoms with Crippen molar-refractivity contribution < 1.29 is 10.2 Å². The molecule has 0 saturated heterocycles. The van der Waals surface area contributed by atoms with Crippen LogP contribution in [0.5, 0.6) is 0 Å². The fraction of sp³-hybridized carbons (Fsp3) is 0.333. The molecule has 1 unspecified atom stereocenters. The maximum atomic E-state index is 10.2. The molecule has 2 heteroatoms. The molecule has 0 spiro atoms. The first kappa shape index (κ1) is 12.1. The molecule has 17 heavy (non-hydrogen) atoms. The molecule has 0 saturated carbocycles. The van der Waals surface area contributed by atoms with E-state index in [9.17, 15) is 10.2 Å². The average molecular weight is 230 g/mol. The van der Waals surface area contributed by atoms with Crippen LogP contribution in [0.2, 0.25) is 0 Å². The molecule has 1 aromatic rings. The zero-order valence-corrected chi connectivity index (χ0v) is 9.95. The number of rotatable bonds is 3. The highest BCUT2D eigenvalue weighted by molar-refractivity contribution is 5.34. The number of hydrogen-bond acceptors (Lipinski definition) is 2. The van der Waals surface area contributed by atoms with Gasteiger partial charge in [0, 0.05) is 12.3 Å². The van der Waals surface area contributed by atoms with Crippen molar-refractivity contribution in [2.24, 2.45) is 0 Å². The van der Waals surface area contributed by atoms with Crippen molar-refractivity contribution in [3.8, 4) is 0 Å². The lowest BCUT2D eigenvalue weighted by molar-refractivity contribution is 0.0673. The summed E-state index contributed by atoms with van der Waals surface area (Å²) in [5, 5.41) is 19.5. The van der Waals surface area contributed by atoms with Crippen LogP contribution in [0.15, 0.2) is 54.6 Å². The van der Waals surface area contributed by atoms with Crippen LogP contribution >= 0.6 is 0 Å². The van der Waals surface area contributed by atoms with E-state index >= 15 is 0 Å². The molecule has 90 valence electrons. The van der Waals surface area contributed by atoms with Crippen molar-refractivity contribution in [2.45, 2.75) is 31.0 Å². The fourth-order valence-corrected chi connectivity index (χ4v) is 2.17. The van der Waals surface area contributed by atoms with Crippen LogP contribution in [0, 0.1) is 0 Å². The van der Waals surface area contributed by atoms with E-state index in [-0.39, 0.29) is 5.92 Å². The van der Waals surface area contributed by atoms with Gasteiger partial charge in [0.1, 0.15) is 5.60 Å². The molecule has 0 aromatic heterocycles. The van der Waals surface area contributed by atoms with Crippen molar-refractivity contribution >= 4 is 0 Å². The quantitative estimate of drug-likeness (QED) is 0.783. The topological polar surface area (TPSA) is 40.5 Å². The average Bonchev–Trinajstić information content (AvgIpc) is 2.29. The number of aliphatic hydroxyl groups excluding tert-OH is 1. The Morgan fingerprint density at radius 1 is 1.18 bits per heavy atom. The van der Waals surface area contributed by atoms with Crippen LogP contribution in [0.25, 0.3) is 0 Å². The smallest absolute Gasteiger partial charge is 0.103 e. The second kappa shape index (κ2) is 4.86. The predicted octanol–water partition coefficient (Wildman–Crippen LogP) is 2.40. The van der Waals surface area contributed by atoms with E-state index < -0.39 is 11.7 Å². The van der Waals surface area contributed by atoms with Gasteiger partial charge in [0.2, 0.25) is 0 Å². The van der Waals surface area contributed by atoms with Crippen molar-refractivity contribution in [3.63, 3.8) is 0 Å². The summed E-state index contributed by atoms with van der Waals surface area (Å²) in [4.78, 5) is 0. The second-order valence-corrected chi connectivity index (χ2v) is 4.70. The molecule has 0 amide bonds. The van der Waals surface area contributed by atoms with Gasteiger partial charge in [-0.05, 0) is 12.5 Å². The third kappa shape index (κ3) is 3.05. The van der Waals surface area contributed by atoms with Crippen LogP contribution in [-0.2, 0) is 0 Å². The molecule has 2 rings (SSSR count). The van der Waals surface area contributed by atoms with E-state index in [1.165, 1.54) is 5.56 Å². The van der Waals surface area contributed by atoms with Crippen LogP contribution in [0.1, 0.15) is 24.8 Å². The van der Waals surface area contributed by atoms with Gasteiger partial charge in [-0.1, -0.05) is 54.6 Å². The monoisotopic (exact) mass is 230 g/mol. The molecule has 1 aliphatic carbocycles. The van der Waals surface area contributed by atoms with Crippen LogP contribution in [-0.4, -0.2) is 21.9 Å². The summed E-state index contributed by atoms with van der Waals surface area (Å²) in [7, 11) is 0. The molecule has 0 fully saturated rings. The normalized spacial score (nSPS) is 29.2. The van der Waals surface area contributed by atoms with Crippen LogP contribution < -0.4 is 0 Å². The highest BCUT2D eigenvalue weighted by atomic mass is 16.3. The predicted molar refractivity (Wildman–Crippen MR) is 68.7 cm³/mol. The Kier molecular flexibility index (Phi) is 3.46. The summed E-state index contributed by atoms with van der Waals surface area (Å²) in [5.41, 5.74) is 0.207. The highest BCUT2D eigenvalue weighted by Crippen LogP contribution is 2.28. The van der Waals surface area contributed by atoms with Crippen molar-refractivity contribution in [3.05, 3.63) is 60.2 Å². The fourth-order valence-electron chi connectivity index (χ4n) is 2.17. The molecule has 0 bridgehead atoms. The minimum Gasteiger partial charge on any atom is -0.393 e. The Bertz CT molecular complexity index is 404. The van der Waals surface area contributed by atoms with E-state index in [0.717, 1.165) is 0 Å². The third-order valence-corrected chi connectivity index (χ3v) is 2.99. The van der Waals surface area contributed by atoms with Gasteiger partial charge < -0.3 is 10.2 Å². The van der Waals surface area contributed by atoms with E-state index in [1.807, 2.05) is 30.4 Å². The molecular weight excluding hydrogens is 212 g/mol. The van der Waals surface area contributed by atoms with Gasteiger partial charge >= 0.3 is 0 Å². The Hall–Kier alpha value is -1.38. The Morgan fingerprint density at radius 3 is 2.29 bits per heavy atom. The maximum Gasteiger partial charge on any atom is 0.103 e. The summed E-state index contributed by atoms with van der Waals surface area (Å²) in [6.45, 7) is 1.68. The maximum absolute atomic E-state index is 10.2. The van der Waals surface area contributed by atoms with Crippen LogP contribution in [0.4, 0.5) is 0 Å². The first-order valence-electron chi connectivity index (χ1n) is 5.93. The number of hydrogen-bond donors (Lipinski definition) is 2. The van der Waals surface area contributed by atoms with Crippen LogP contribution in [0.3, 0.4) is 0 Å². The lowest BCUT2D eigenvalue weighted by Gasteiger charge is -2.26. The molecule has 0 aliphatic heterocycles. The third-order valence-electron chi connectivity index (χ3n) is 2.99. The first-order valence-corrected chi connectivity index (χ1v) is 5.93. The van der Waals surface area contributed by atoms with E-state index in [0.29, 0.717) is 6.42 Å². The summed E-state index contributed by atoms with van der Waals surface area (Å²) in [5.74, 6) is 0.213. The Balaban J connectivity index is 2.11. The molecule has 1 aliphatic rings. The van der Waals surface area contributed by atoms with Gasteiger partial charge in [-0.3, -0.25) is 0 Å². The molecule has 1 atom stereocenters. The standard InChI is InChI=1S/C15H18O2/c1-12(16)11-15(17)9-7-14(8-10-15)13-5-3-2-4-6-13/h2-10,12,14,16-17H,11H2,1H3. The number of allylic oxidation sites excluding steroid dienone is 2. The lowest BCUT2D eigenvalue weighted by atomic mass is 9.85. The minimum atomic E-state index is -1.00. The molecule has 1 aromatic carbocycles. The zero-order chi connectivity index (χ0) is 12.3. The summed E-state index contributed by atoms with van der Waals surface area (Å²) >= 11 is 0. The molecule has 2 nitrogen and oxygen atoms in total. The zero-order valence-electron chi connectivity index (χ0n) is 9.95. The minimum absolute atomic E-state index is 0.213. The molecule has 0 heterocycles. The van der Waals surface area contributed by atoms with Crippen molar-refractivity contribution in [1.82, 2.24) is 0 Å². The van der Waals surface area contributed by atoms with E-state index in [4.69, 9.17) is 0 Å². The molecule has 2 N–H and O–H groups in total. The summed E-state index contributed by atoms with van der Waals surface area (Å²) < 4.78 is 0. The van der Waals surface area contributed by atoms with Gasteiger partial charge in [-0.25, -0.2) is 0 Å². The Labute approximate surface area is 102 Å². The summed E-state index contributed by atoms with van der Waals surface area (Å²) in [6, 6.07) is 10.1.